The second-order valence-corrected chi connectivity index (χ2v) is 6.42. The summed E-state index contributed by atoms with van der Waals surface area (Å²) >= 11 is 0. The second-order valence-electron chi connectivity index (χ2n) is 6.42. The van der Waals surface area contributed by atoms with Crippen LogP contribution in [0.5, 0.6) is 0 Å². The first-order valence-electron chi connectivity index (χ1n) is 8.26. The summed E-state index contributed by atoms with van der Waals surface area (Å²) in [5, 5.41) is 9.81. The lowest BCUT2D eigenvalue weighted by Gasteiger charge is -2.34. The molecule has 122 valence electrons. The summed E-state index contributed by atoms with van der Waals surface area (Å²) in [6.07, 6.45) is 1.58. The smallest absolute Gasteiger partial charge is 0.270 e. The van der Waals surface area contributed by atoms with Gasteiger partial charge in [0, 0.05) is 31.7 Å². The summed E-state index contributed by atoms with van der Waals surface area (Å²) < 4.78 is 1.96. The van der Waals surface area contributed by atoms with Gasteiger partial charge in [0.1, 0.15) is 5.69 Å². The minimum absolute atomic E-state index is 0.0556. The first-order valence-corrected chi connectivity index (χ1v) is 8.26. The van der Waals surface area contributed by atoms with Crippen molar-refractivity contribution in [2.75, 3.05) is 13.1 Å². The van der Waals surface area contributed by atoms with Crippen LogP contribution in [-0.4, -0.2) is 39.7 Å². The van der Waals surface area contributed by atoms with Crippen LogP contribution in [0.15, 0.2) is 42.5 Å². The normalized spacial score (nSPS) is 19.6. The predicted octanol–water partition coefficient (Wildman–Crippen LogP) is 2.93. The van der Waals surface area contributed by atoms with Gasteiger partial charge in [-0.3, -0.25) is 4.79 Å². The van der Waals surface area contributed by atoms with Gasteiger partial charge in [-0.2, -0.15) is 0 Å². The second kappa shape index (κ2) is 6.59. The fourth-order valence-electron chi connectivity index (χ4n) is 3.37. The number of carbonyl (C=O) groups is 1. The van der Waals surface area contributed by atoms with Crippen molar-refractivity contribution in [2.45, 2.75) is 25.9 Å². The predicted molar refractivity (Wildman–Crippen MR) is 91.2 cm³/mol. The molecule has 1 aromatic carbocycles. The van der Waals surface area contributed by atoms with E-state index in [2.05, 4.69) is 0 Å². The third kappa shape index (κ3) is 3.17. The zero-order valence-electron chi connectivity index (χ0n) is 13.8. The van der Waals surface area contributed by atoms with Gasteiger partial charge in [-0.1, -0.05) is 30.3 Å². The van der Waals surface area contributed by atoms with Gasteiger partial charge in [0.2, 0.25) is 0 Å². The van der Waals surface area contributed by atoms with Crippen molar-refractivity contribution in [3.8, 4) is 11.3 Å². The molecule has 0 saturated carbocycles. The highest BCUT2D eigenvalue weighted by Gasteiger charge is 2.28. The Bertz CT molecular complexity index is 676. The molecule has 2 atom stereocenters. The number of aliphatic hydroxyl groups excluding tert-OH is 1. The molecule has 3 rings (SSSR count). The van der Waals surface area contributed by atoms with Crippen LogP contribution in [0, 0.1) is 5.92 Å². The largest absolute Gasteiger partial charge is 0.393 e. The Kier molecular flexibility index (Phi) is 4.53. The third-order valence-electron chi connectivity index (χ3n) is 4.84. The van der Waals surface area contributed by atoms with Gasteiger partial charge in [0.05, 0.1) is 6.10 Å². The minimum atomic E-state index is -0.362. The highest BCUT2D eigenvalue weighted by Crippen LogP contribution is 2.25. The maximum absolute atomic E-state index is 12.9. The number of amides is 1. The summed E-state index contributed by atoms with van der Waals surface area (Å²) in [5.41, 5.74) is 2.85. The lowest BCUT2D eigenvalue weighted by Crippen LogP contribution is -2.43. The number of benzene rings is 1. The fourth-order valence-corrected chi connectivity index (χ4v) is 3.37. The average molecular weight is 312 g/mol. The zero-order chi connectivity index (χ0) is 16.4. The summed E-state index contributed by atoms with van der Waals surface area (Å²) in [6, 6.07) is 14.0. The van der Waals surface area contributed by atoms with E-state index in [0.29, 0.717) is 12.2 Å². The monoisotopic (exact) mass is 312 g/mol. The Morgan fingerprint density at radius 1 is 1.22 bits per heavy atom. The molecule has 2 unspecified atom stereocenters. The van der Waals surface area contributed by atoms with E-state index < -0.39 is 0 Å². The van der Waals surface area contributed by atoms with E-state index in [9.17, 15) is 9.90 Å². The van der Waals surface area contributed by atoms with Crippen molar-refractivity contribution < 1.29 is 9.90 Å². The van der Waals surface area contributed by atoms with Gasteiger partial charge in [-0.15, -0.1) is 0 Å². The molecule has 1 N–H and O–H groups in total. The van der Waals surface area contributed by atoms with Crippen LogP contribution in [-0.2, 0) is 7.05 Å². The van der Waals surface area contributed by atoms with Crippen LogP contribution < -0.4 is 0 Å². The molecular weight excluding hydrogens is 288 g/mol. The molecule has 1 aliphatic heterocycles. The van der Waals surface area contributed by atoms with Crippen LogP contribution in [0.25, 0.3) is 11.3 Å². The summed E-state index contributed by atoms with van der Waals surface area (Å²) in [7, 11) is 1.94. The van der Waals surface area contributed by atoms with Crippen molar-refractivity contribution >= 4 is 5.91 Å². The fraction of sp³-hybridized carbons (Fsp3) is 0.421. The van der Waals surface area contributed by atoms with Crippen LogP contribution >= 0.6 is 0 Å². The summed E-state index contributed by atoms with van der Waals surface area (Å²) in [5.74, 6) is 0.238. The Hall–Kier alpha value is -2.07. The quantitative estimate of drug-likeness (QED) is 0.947. The highest BCUT2D eigenvalue weighted by molar-refractivity contribution is 5.94. The van der Waals surface area contributed by atoms with Gasteiger partial charge >= 0.3 is 0 Å². The number of hydrogen-bond acceptors (Lipinski definition) is 2. The topological polar surface area (TPSA) is 45.5 Å². The van der Waals surface area contributed by atoms with Crippen LogP contribution in [0.4, 0.5) is 0 Å². The number of aliphatic hydroxyl groups is 1. The van der Waals surface area contributed by atoms with E-state index in [1.165, 1.54) is 0 Å². The van der Waals surface area contributed by atoms with E-state index in [1.807, 2.05) is 65.9 Å². The average Bonchev–Trinajstić information content (AvgIpc) is 2.96. The van der Waals surface area contributed by atoms with Gasteiger partial charge in [-0.25, -0.2) is 0 Å². The molecule has 4 heteroatoms. The van der Waals surface area contributed by atoms with Gasteiger partial charge in [0.25, 0.3) is 5.91 Å². The Morgan fingerprint density at radius 2 is 1.96 bits per heavy atom. The number of likely N-dealkylation sites (tertiary alicyclic amines) is 1. The van der Waals surface area contributed by atoms with E-state index in [1.54, 1.807) is 0 Å². The zero-order valence-corrected chi connectivity index (χ0v) is 13.8. The SMILES string of the molecule is CC(O)C1CCCN(C(=O)c2ccc(-c3ccccc3)n2C)C1. The summed E-state index contributed by atoms with van der Waals surface area (Å²) in [4.78, 5) is 14.7. The van der Waals surface area contributed by atoms with Gasteiger partial charge in [-0.05, 0) is 37.5 Å². The highest BCUT2D eigenvalue weighted by atomic mass is 16.3. The van der Waals surface area contributed by atoms with E-state index in [-0.39, 0.29) is 17.9 Å². The van der Waals surface area contributed by atoms with E-state index >= 15 is 0 Å². The number of hydrogen-bond donors (Lipinski definition) is 1. The molecule has 0 aliphatic carbocycles. The van der Waals surface area contributed by atoms with E-state index in [4.69, 9.17) is 0 Å². The van der Waals surface area contributed by atoms with Crippen LogP contribution in [0.2, 0.25) is 0 Å². The molecule has 0 spiro atoms. The standard InChI is InChI=1S/C19H24N2O2/c1-14(22)16-9-6-12-21(13-16)19(23)18-11-10-17(20(18)2)15-7-4-3-5-8-15/h3-5,7-8,10-11,14,16,22H,6,9,12-13H2,1-2H3. The summed E-state index contributed by atoms with van der Waals surface area (Å²) in [6.45, 7) is 3.23. The van der Waals surface area contributed by atoms with Crippen molar-refractivity contribution in [3.05, 3.63) is 48.2 Å². The molecular formula is C19H24N2O2. The number of carbonyl (C=O) groups excluding carboxylic acids is 1. The Balaban J connectivity index is 1.82. The van der Waals surface area contributed by atoms with Crippen molar-refractivity contribution in [1.29, 1.82) is 0 Å². The molecule has 1 fully saturated rings. The first kappa shape index (κ1) is 15.8. The lowest BCUT2D eigenvalue weighted by atomic mass is 9.93. The maximum atomic E-state index is 12.9. The van der Waals surface area contributed by atoms with Gasteiger partial charge < -0.3 is 14.6 Å². The molecule has 0 radical (unpaired) electrons. The van der Waals surface area contributed by atoms with E-state index in [0.717, 1.165) is 30.6 Å². The number of piperidine rings is 1. The molecule has 2 aromatic rings. The number of aromatic nitrogens is 1. The molecule has 1 saturated heterocycles. The molecule has 2 heterocycles. The number of rotatable bonds is 3. The maximum Gasteiger partial charge on any atom is 0.270 e. The minimum Gasteiger partial charge on any atom is -0.393 e. The molecule has 1 aromatic heterocycles. The molecule has 0 bridgehead atoms. The molecule has 1 amide bonds. The molecule has 4 nitrogen and oxygen atoms in total. The van der Waals surface area contributed by atoms with Crippen molar-refractivity contribution in [1.82, 2.24) is 9.47 Å². The first-order chi connectivity index (χ1) is 11.1. The van der Waals surface area contributed by atoms with Crippen molar-refractivity contribution in [3.63, 3.8) is 0 Å². The third-order valence-corrected chi connectivity index (χ3v) is 4.84. The number of nitrogens with zero attached hydrogens (tertiary/aromatic N) is 2. The Labute approximate surface area is 137 Å². The Morgan fingerprint density at radius 3 is 2.65 bits per heavy atom. The van der Waals surface area contributed by atoms with Crippen LogP contribution in [0.3, 0.4) is 0 Å². The molecule has 23 heavy (non-hydrogen) atoms. The van der Waals surface area contributed by atoms with Crippen molar-refractivity contribution in [2.24, 2.45) is 13.0 Å². The van der Waals surface area contributed by atoms with Gasteiger partial charge in [0.15, 0.2) is 0 Å². The van der Waals surface area contributed by atoms with Crippen LogP contribution in [0.1, 0.15) is 30.3 Å². The lowest BCUT2D eigenvalue weighted by molar-refractivity contribution is 0.0459. The molecule has 1 aliphatic rings.